The minimum absolute atomic E-state index is 0.0239. The van der Waals surface area contributed by atoms with Crippen LogP contribution < -0.4 is 10.2 Å². The highest BCUT2D eigenvalue weighted by molar-refractivity contribution is 7.07. The maximum Gasteiger partial charge on any atom is 0.307 e. The van der Waals surface area contributed by atoms with E-state index in [0.29, 0.717) is 12.2 Å². The molecule has 18 heavy (non-hydrogen) atoms. The van der Waals surface area contributed by atoms with E-state index >= 15 is 0 Å². The number of rotatable bonds is 4. The molecule has 2 rings (SSSR count). The summed E-state index contributed by atoms with van der Waals surface area (Å²) in [5.74, 6) is -0.112. The zero-order chi connectivity index (χ0) is 13.0. The molecule has 1 N–H and O–H groups in total. The second-order valence-corrected chi connectivity index (χ2v) is 4.65. The molecule has 0 spiro atoms. The predicted octanol–water partition coefficient (Wildman–Crippen LogP) is 1.64. The topological polar surface area (TPSA) is 64.0 Å². The Bertz CT molecular complexity index is 589. The lowest BCUT2D eigenvalue weighted by molar-refractivity contribution is -0.116. The van der Waals surface area contributed by atoms with Gasteiger partial charge in [0, 0.05) is 42.1 Å². The number of carbonyl (C=O) groups is 1. The van der Waals surface area contributed by atoms with E-state index in [9.17, 15) is 9.59 Å². The summed E-state index contributed by atoms with van der Waals surface area (Å²) in [7, 11) is 0. The SMILES string of the molecule is Cc1csc(=O)n1CCC(=O)Nc1ccncc1. The highest BCUT2D eigenvalue weighted by atomic mass is 32.1. The number of amides is 1. The fourth-order valence-corrected chi connectivity index (χ4v) is 2.31. The van der Waals surface area contributed by atoms with Gasteiger partial charge in [-0.05, 0) is 19.1 Å². The van der Waals surface area contributed by atoms with Gasteiger partial charge in [-0.25, -0.2) is 0 Å². The molecule has 0 radical (unpaired) electrons. The fraction of sp³-hybridized carbons (Fsp3) is 0.250. The molecule has 0 bridgehead atoms. The van der Waals surface area contributed by atoms with Gasteiger partial charge in [0.15, 0.2) is 0 Å². The third-order valence-electron chi connectivity index (χ3n) is 2.50. The third kappa shape index (κ3) is 3.04. The molecule has 0 unspecified atom stereocenters. The van der Waals surface area contributed by atoms with E-state index in [4.69, 9.17) is 0 Å². The summed E-state index contributed by atoms with van der Waals surface area (Å²) in [4.78, 5) is 27.0. The zero-order valence-electron chi connectivity index (χ0n) is 9.92. The van der Waals surface area contributed by atoms with E-state index in [2.05, 4.69) is 10.3 Å². The van der Waals surface area contributed by atoms with Gasteiger partial charge in [-0.3, -0.25) is 14.6 Å². The lowest BCUT2D eigenvalue weighted by atomic mass is 10.3. The minimum Gasteiger partial charge on any atom is -0.326 e. The second-order valence-electron chi connectivity index (χ2n) is 3.83. The van der Waals surface area contributed by atoms with Crippen molar-refractivity contribution in [2.24, 2.45) is 0 Å². The van der Waals surface area contributed by atoms with Gasteiger partial charge in [0.1, 0.15) is 0 Å². The third-order valence-corrected chi connectivity index (χ3v) is 3.38. The van der Waals surface area contributed by atoms with Gasteiger partial charge in [0.05, 0.1) is 0 Å². The van der Waals surface area contributed by atoms with Crippen LogP contribution in [0.1, 0.15) is 12.1 Å². The first-order chi connectivity index (χ1) is 8.66. The Kier molecular flexibility index (Phi) is 3.88. The largest absolute Gasteiger partial charge is 0.326 e. The highest BCUT2D eigenvalue weighted by Gasteiger charge is 2.06. The number of carbonyl (C=O) groups excluding carboxylic acids is 1. The number of nitrogens with zero attached hydrogens (tertiary/aromatic N) is 2. The Morgan fingerprint density at radius 2 is 2.17 bits per heavy atom. The van der Waals surface area contributed by atoms with Crippen LogP contribution in [0.15, 0.2) is 34.7 Å². The maximum atomic E-state index is 11.7. The summed E-state index contributed by atoms with van der Waals surface area (Å²) in [5.41, 5.74) is 1.60. The first kappa shape index (κ1) is 12.5. The molecule has 0 aromatic carbocycles. The zero-order valence-corrected chi connectivity index (χ0v) is 10.7. The van der Waals surface area contributed by atoms with E-state index < -0.39 is 0 Å². The highest BCUT2D eigenvalue weighted by Crippen LogP contribution is 2.05. The van der Waals surface area contributed by atoms with Crippen LogP contribution in [0.3, 0.4) is 0 Å². The van der Waals surface area contributed by atoms with Crippen LogP contribution >= 0.6 is 11.3 Å². The first-order valence-corrected chi connectivity index (χ1v) is 6.39. The van der Waals surface area contributed by atoms with E-state index in [1.165, 1.54) is 0 Å². The van der Waals surface area contributed by atoms with Crippen molar-refractivity contribution in [1.82, 2.24) is 9.55 Å². The Balaban J connectivity index is 1.92. The molecule has 0 fully saturated rings. The quantitative estimate of drug-likeness (QED) is 0.912. The minimum atomic E-state index is -0.112. The summed E-state index contributed by atoms with van der Waals surface area (Å²) in [6, 6.07) is 3.44. The number of hydrogen-bond donors (Lipinski definition) is 1. The van der Waals surface area contributed by atoms with Crippen molar-refractivity contribution in [2.45, 2.75) is 19.9 Å². The lowest BCUT2D eigenvalue weighted by Gasteiger charge is -2.06. The van der Waals surface area contributed by atoms with Gasteiger partial charge >= 0.3 is 4.87 Å². The van der Waals surface area contributed by atoms with Crippen molar-refractivity contribution in [1.29, 1.82) is 0 Å². The molecule has 2 aromatic heterocycles. The number of anilines is 1. The summed E-state index contributed by atoms with van der Waals surface area (Å²) in [5, 5.41) is 4.55. The number of thiazole rings is 1. The molecule has 1 amide bonds. The predicted molar refractivity (Wildman–Crippen MR) is 70.8 cm³/mol. The van der Waals surface area contributed by atoms with Crippen LogP contribution in [-0.2, 0) is 11.3 Å². The van der Waals surface area contributed by atoms with E-state index in [0.717, 1.165) is 17.0 Å². The van der Waals surface area contributed by atoms with Crippen LogP contribution in [0.2, 0.25) is 0 Å². The lowest BCUT2D eigenvalue weighted by Crippen LogP contribution is -2.20. The average Bonchev–Trinajstić information content (AvgIpc) is 2.68. The molecule has 0 saturated heterocycles. The van der Waals surface area contributed by atoms with Gasteiger partial charge in [-0.1, -0.05) is 11.3 Å². The van der Waals surface area contributed by atoms with E-state index in [1.807, 2.05) is 6.92 Å². The van der Waals surface area contributed by atoms with Gasteiger partial charge in [0.2, 0.25) is 5.91 Å². The van der Waals surface area contributed by atoms with Crippen molar-refractivity contribution < 1.29 is 4.79 Å². The fourth-order valence-electron chi connectivity index (χ4n) is 1.55. The molecule has 5 nitrogen and oxygen atoms in total. The number of aryl methyl sites for hydroxylation is 1. The van der Waals surface area contributed by atoms with Crippen molar-refractivity contribution >= 4 is 22.9 Å². The van der Waals surface area contributed by atoms with Gasteiger partial charge in [-0.15, -0.1) is 0 Å². The van der Waals surface area contributed by atoms with Crippen molar-refractivity contribution in [3.63, 3.8) is 0 Å². The smallest absolute Gasteiger partial charge is 0.307 e. The molecule has 0 atom stereocenters. The molecular formula is C12H13N3O2S. The maximum absolute atomic E-state index is 11.7. The van der Waals surface area contributed by atoms with Crippen LogP contribution in [0.4, 0.5) is 5.69 Å². The van der Waals surface area contributed by atoms with Crippen molar-refractivity contribution in [3.05, 3.63) is 45.3 Å². The summed E-state index contributed by atoms with van der Waals surface area (Å²) < 4.78 is 1.61. The molecule has 0 saturated carbocycles. The monoisotopic (exact) mass is 263 g/mol. The Morgan fingerprint density at radius 1 is 1.44 bits per heavy atom. The van der Waals surface area contributed by atoms with Gasteiger partial charge < -0.3 is 9.88 Å². The molecule has 0 aliphatic rings. The van der Waals surface area contributed by atoms with Crippen LogP contribution in [0.5, 0.6) is 0 Å². The van der Waals surface area contributed by atoms with Crippen LogP contribution in [0, 0.1) is 6.92 Å². The molecule has 0 aliphatic heterocycles. The number of hydrogen-bond acceptors (Lipinski definition) is 4. The normalized spacial score (nSPS) is 10.3. The summed E-state index contributed by atoms with van der Waals surface area (Å²) in [6.45, 7) is 2.27. The second kappa shape index (κ2) is 5.59. The Labute approximate surface area is 108 Å². The number of aromatic nitrogens is 2. The van der Waals surface area contributed by atoms with Crippen molar-refractivity contribution in [2.75, 3.05) is 5.32 Å². The first-order valence-electron chi connectivity index (χ1n) is 5.51. The molecule has 0 aliphatic carbocycles. The average molecular weight is 263 g/mol. The molecule has 94 valence electrons. The Hall–Kier alpha value is -1.95. The van der Waals surface area contributed by atoms with Crippen LogP contribution in [0.25, 0.3) is 0 Å². The molecular weight excluding hydrogens is 250 g/mol. The van der Waals surface area contributed by atoms with Gasteiger partial charge in [0.25, 0.3) is 0 Å². The number of pyridine rings is 1. The molecule has 2 heterocycles. The van der Waals surface area contributed by atoms with Gasteiger partial charge in [-0.2, -0.15) is 0 Å². The summed E-state index contributed by atoms with van der Waals surface area (Å²) in [6.07, 6.45) is 3.51. The van der Waals surface area contributed by atoms with Crippen LogP contribution in [-0.4, -0.2) is 15.5 Å². The Morgan fingerprint density at radius 3 is 2.78 bits per heavy atom. The summed E-state index contributed by atoms with van der Waals surface area (Å²) >= 11 is 1.15. The van der Waals surface area contributed by atoms with Crippen molar-refractivity contribution in [3.8, 4) is 0 Å². The molecule has 6 heteroatoms. The van der Waals surface area contributed by atoms with E-state index in [1.54, 1.807) is 34.5 Å². The van der Waals surface area contributed by atoms with E-state index in [-0.39, 0.29) is 17.2 Å². The standard InChI is InChI=1S/C12H13N3O2S/c1-9-8-18-12(17)15(9)7-4-11(16)14-10-2-5-13-6-3-10/h2-3,5-6,8H,4,7H2,1H3,(H,13,14,16). The molecule has 2 aromatic rings. The number of nitrogens with one attached hydrogen (secondary N) is 1.